The zero-order chi connectivity index (χ0) is 24.1. The summed E-state index contributed by atoms with van der Waals surface area (Å²) in [5.41, 5.74) is 5.08. The molecule has 1 fully saturated rings. The number of para-hydroxylation sites is 1. The predicted octanol–water partition coefficient (Wildman–Crippen LogP) is 4.68. The first kappa shape index (κ1) is 24.0. The third kappa shape index (κ3) is 5.17. The van der Waals surface area contributed by atoms with Crippen LogP contribution in [0.4, 0.5) is 5.82 Å². The molecule has 2 heterocycles. The maximum absolute atomic E-state index is 13.5. The Balaban J connectivity index is 1.71. The van der Waals surface area contributed by atoms with E-state index in [1.54, 1.807) is 0 Å². The summed E-state index contributed by atoms with van der Waals surface area (Å²) in [7, 11) is 0. The summed E-state index contributed by atoms with van der Waals surface area (Å²) in [4.78, 5) is 20.4. The number of benzene rings is 2. The number of hydrogen-bond donors (Lipinski definition) is 0. The number of hydrogen-bond acceptors (Lipinski definition) is 4. The molecule has 0 N–H and O–H groups in total. The van der Waals surface area contributed by atoms with Crippen LogP contribution in [0.1, 0.15) is 47.4 Å². The van der Waals surface area contributed by atoms with Crippen molar-refractivity contribution in [1.82, 2.24) is 19.6 Å². The highest BCUT2D eigenvalue weighted by molar-refractivity contribution is 5.94. The van der Waals surface area contributed by atoms with E-state index in [2.05, 4.69) is 59.5 Å². The lowest BCUT2D eigenvalue weighted by Gasteiger charge is -2.36. The predicted molar refractivity (Wildman–Crippen MR) is 139 cm³/mol. The first-order valence-corrected chi connectivity index (χ1v) is 12.5. The zero-order valence-electron chi connectivity index (χ0n) is 21.0. The molecule has 4 rings (SSSR count). The van der Waals surface area contributed by atoms with Crippen molar-refractivity contribution in [1.29, 1.82) is 0 Å². The van der Waals surface area contributed by atoms with Crippen LogP contribution in [-0.4, -0.2) is 64.8 Å². The van der Waals surface area contributed by atoms with Crippen LogP contribution in [-0.2, 0) is 6.54 Å². The van der Waals surface area contributed by atoms with Crippen LogP contribution >= 0.6 is 0 Å². The molecular formula is C28H37N5O. The average Bonchev–Trinajstić information content (AvgIpc) is 3.20. The minimum atomic E-state index is 0.0791. The third-order valence-corrected chi connectivity index (χ3v) is 6.71. The van der Waals surface area contributed by atoms with Crippen LogP contribution in [0.3, 0.4) is 0 Å². The van der Waals surface area contributed by atoms with Gasteiger partial charge in [-0.25, -0.2) is 4.68 Å². The highest BCUT2D eigenvalue weighted by Gasteiger charge is 2.27. The number of aromatic nitrogens is 2. The molecule has 0 saturated carbocycles. The van der Waals surface area contributed by atoms with Gasteiger partial charge in [0.15, 0.2) is 0 Å². The van der Waals surface area contributed by atoms with Crippen LogP contribution < -0.4 is 4.90 Å². The van der Waals surface area contributed by atoms with E-state index in [0.29, 0.717) is 13.1 Å². The number of anilines is 1. The van der Waals surface area contributed by atoms with Gasteiger partial charge in [0.1, 0.15) is 5.82 Å². The molecule has 2 aromatic carbocycles. The summed E-state index contributed by atoms with van der Waals surface area (Å²) in [6.07, 6.45) is 0.911. The van der Waals surface area contributed by atoms with E-state index in [9.17, 15) is 4.79 Å². The van der Waals surface area contributed by atoms with Crippen molar-refractivity contribution < 1.29 is 4.79 Å². The maximum Gasteiger partial charge on any atom is 0.254 e. The Labute approximate surface area is 203 Å². The van der Waals surface area contributed by atoms with Gasteiger partial charge in [-0.15, -0.1) is 0 Å². The number of nitrogens with zero attached hydrogens (tertiary/aromatic N) is 5. The van der Waals surface area contributed by atoms with Crippen LogP contribution in [0, 0.1) is 13.8 Å². The quantitative estimate of drug-likeness (QED) is 0.491. The summed E-state index contributed by atoms with van der Waals surface area (Å²) < 4.78 is 2.08. The lowest BCUT2D eigenvalue weighted by atomic mass is 10.1. The van der Waals surface area contributed by atoms with Crippen molar-refractivity contribution in [2.24, 2.45) is 0 Å². The second-order valence-corrected chi connectivity index (χ2v) is 9.15. The largest absolute Gasteiger partial charge is 0.354 e. The highest BCUT2D eigenvalue weighted by Crippen LogP contribution is 2.30. The van der Waals surface area contributed by atoms with Gasteiger partial charge in [-0.3, -0.25) is 4.79 Å². The Morgan fingerprint density at radius 2 is 1.62 bits per heavy atom. The number of piperazine rings is 1. The Morgan fingerprint density at radius 1 is 0.941 bits per heavy atom. The van der Waals surface area contributed by atoms with Crippen LogP contribution in [0.2, 0.25) is 0 Å². The van der Waals surface area contributed by atoms with E-state index in [4.69, 9.17) is 5.10 Å². The second-order valence-electron chi connectivity index (χ2n) is 9.15. The monoisotopic (exact) mass is 459 g/mol. The first-order valence-electron chi connectivity index (χ1n) is 12.5. The van der Waals surface area contributed by atoms with E-state index in [1.807, 2.05) is 42.2 Å². The fraction of sp³-hybridized carbons (Fsp3) is 0.429. The number of aryl methyl sites for hydroxylation is 2. The summed E-state index contributed by atoms with van der Waals surface area (Å²) in [5.74, 6) is 1.20. The van der Waals surface area contributed by atoms with Crippen LogP contribution in [0.15, 0.2) is 54.6 Å². The van der Waals surface area contributed by atoms with Crippen molar-refractivity contribution in [3.63, 3.8) is 0 Å². The molecule has 1 saturated heterocycles. The van der Waals surface area contributed by atoms with Crippen molar-refractivity contribution >= 4 is 11.7 Å². The van der Waals surface area contributed by atoms with E-state index in [0.717, 1.165) is 73.0 Å². The Kier molecular flexibility index (Phi) is 7.68. The molecule has 0 aliphatic carbocycles. The first-order chi connectivity index (χ1) is 16.5. The number of carbonyl (C=O) groups excluding carboxylic acids is 1. The molecule has 1 amide bonds. The van der Waals surface area contributed by atoms with Gasteiger partial charge in [0.2, 0.25) is 0 Å². The van der Waals surface area contributed by atoms with E-state index >= 15 is 0 Å². The number of rotatable bonds is 8. The van der Waals surface area contributed by atoms with Gasteiger partial charge in [0.25, 0.3) is 5.91 Å². The van der Waals surface area contributed by atoms with Crippen LogP contribution in [0.25, 0.3) is 5.69 Å². The fourth-order valence-corrected chi connectivity index (χ4v) is 4.67. The molecule has 1 aliphatic rings. The second kappa shape index (κ2) is 10.9. The number of carbonyl (C=O) groups is 1. The van der Waals surface area contributed by atoms with Gasteiger partial charge in [-0.1, -0.05) is 49.7 Å². The van der Waals surface area contributed by atoms with Crippen molar-refractivity contribution in [3.8, 4) is 5.69 Å². The fourth-order valence-electron chi connectivity index (χ4n) is 4.67. The minimum Gasteiger partial charge on any atom is -0.354 e. The molecule has 6 nitrogen and oxygen atoms in total. The van der Waals surface area contributed by atoms with E-state index in [-0.39, 0.29) is 5.91 Å². The molecule has 0 unspecified atom stereocenters. The SMILES string of the molecule is CCCN(Cc1c(C)nn(-c2ccccc2)c1N1CCN(CC)CC1)C(=O)c1ccc(C)cc1. The lowest BCUT2D eigenvalue weighted by molar-refractivity contribution is 0.0743. The van der Waals surface area contributed by atoms with Crippen molar-refractivity contribution in [3.05, 3.63) is 77.0 Å². The molecule has 3 aromatic rings. The molecular weight excluding hydrogens is 422 g/mol. The van der Waals surface area contributed by atoms with E-state index < -0.39 is 0 Å². The molecule has 34 heavy (non-hydrogen) atoms. The Hall–Kier alpha value is -3.12. The summed E-state index contributed by atoms with van der Waals surface area (Å²) in [6, 6.07) is 18.2. The summed E-state index contributed by atoms with van der Waals surface area (Å²) in [5, 5.41) is 4.98. The maximum atomic E-state index is 13.5. The molecule has 1 aromatic heterocycles. The standard InChI is InChI=1S/C28H37N5O/c1-5-16-32(28(34)24-14-12-22(3)13-15-24)21-26-23(4)29-33(25-10-8-7-9-11-25)27(26)31-19-17-30(6-2)18-20-31/h7-15H,5-6,16-21H2,1-4H3. The van der Waals surface area contributed by atoms with Gasteiger partial charge < -0.3 is 14.7 Å². The third-order valence-electron chi connectivity index (χ3n) is 6.71. The molecule has 0 atom stereocenters. The van der Waals surface area contributed by atoms with Gasteiger partial charge in [-0.05, 0) is 51.1 Å². The Morgan fingerprint density at radius 3 is 2.24 bits per heavy atom. The lowest BCUT2D eigenvalue weighted by Crippen LogP contribution is -2.47. The zero-order valence-corrected chi connectivity index (χ0v) is 21.0. The molecule has 0 bridgehead atoms. The smallest absolute Gasteiger partial charge is 0.254 e. The van der Waals surface area contributed by atoms with Crippen molar-refractivity contribution in [2.75, 3.05) is 44.2 Å². The van der Waals surface area contributed by atoms with Gasteiger partial charge in [-0.2, -0.15) is 5.10 Å². The van der Waals surface area contributed by atoms with Crippen LogP contribution in [0.5, 0.6) is 0 Å². The minimum absolute atomic E-state index is 0.0791. The Bertz CT molecular complexity index is 1080. The molecule has 0 radical (unpaired) electrons. The van der Waals surface area contributed by atoms with Gasteiger partial charge in [0, 0.05) is 43.9 Å². The molecule has 180 valence electrons. The van der Waals surface area contributed by atoms with Crippen molar-refractivity contribution in [2.45, 2.75) is 40.7 Å². The van der Waals surface area contributed by atoms with E-state index in [1.165, 1.54) is 0 Å². The number of likely N-dealkylation sites (N-methyl/N-ethyl adjacent to an activating group) is 1. The molecule has 6 heteroatoms. The molecule has 1 aliphatic heterocycles. The van der Waals surface area contributed by atoms with Gasteiger partial charge in [0.05, 0.1) is 17.9 Å². The topological polar surface area (TPSA) is 44.6 Å². The average molecular weight is 460 g/mol. The normalized spacial score (nSPS) is 14.4. The van der Waals surface area contributed by atoms with Gasteiger partial charge >= 0.3 is 0 Å². The highest BCUT2D eigenvalue weighted by atomic mass is 16.2. The summed E-state index contributed by atoms with van der Waals surface area (Å²) >= 11 is 0. The molecule has 0 spiro atoms. The summed E-state index contributed by atoms with van der Waals surface area (Å²) in [6.45, 7) is 14.8. The number of amides is 1.